The first-order valence-corrected chi connectivity index (χ1v) is 9.88. The van der Waals surface area contributed by atoms with Crippen molar-refractivity contribution < 1.29 is 4.39 Å². The summed E-state index contributed by atoms with van der Waals surface area (Å²) < 4.78 is 13.4. The Hall–Kier alpha value is -1.91. The van der Waals surface area contributed by atoms with Crippen molar-refractivity contribution in [1.82, 2.24) is 9.88 Å². The molecule has 0 saturated carbocycles. The molecule has 0 spiro atoms. The Bertz CT molecular complexity index is 863. The number of hydrogen-bond acceptors (Lipinski definition) is 2. The van der Waals surface area contributed by atoms with Crippen molar-refractivity contribution in [3.05, 3.63) is 64.2 Å². The Balaban J connectivity index is 1.25. The van der Waals surface area contributed by atoms with Gasteiger partial charge >= 0.3 is 0 Å². The highest BCUT2D eigenvalue weighted by molar-refractivity contribution is 7.11. The van der Waals surface area contributed by atoms with Gasteiger partial charge in [-0.3, -0.25) is 4.90 Å². The van der Waals surface area contributed by atoms with Gasteiger partial charge in [0.25, 0.3) is 0 Å². The Morgan fingerprint density at radius 1 is 1.20 bits per heavy atom. The van der Waals surface area contributed by atoms with Crippen molar-refractivity contribution in [1.29, 1.82) is 0 Å². The van der Waals surface area contributed by atoms with E-state index in [2.05, 4.69) is 33.5 Å². The van der Waals surface area contributed by atoms with E-state index in [4.69, 9.17) is 0 Å². The lowest BCUT2D eigenvalue weighted by atomic mass is 10.0. The number of rotatable bonds is 6. The predicted octanol–water partition coefficient (Wildman–Crippen LogP) is 5.48. The van der Waals surface area contributed by atoms with Gasteiger partial charge in [0.05, 0.1) is 0 Å². The lowest BCUT2D eigenvalue weighted by molar-refractivity contribution is 0.295. The molecule has 0 radical (unpaired) electrons. The topological polar surface area (TPSA) is 19.0 Å². The van der Waals surface area contributed by atoms with E-state index < -0.39 is 0 Å². The predicted molar refractivity (Wildman–Crippen MR) is 105 cm³/mol. The van der Waals surface area contributed by atoms with Gasteiger partial charge in [0.1, 0.15) is 5.82 Å². The zero-order valence-electron chi connectivity index (χ0n) is 14.3. The fourth-order valence-corrected chi connectivity index (χ4v) is 4.41. The number of aromatic amines is 1. The molecule has 3 heterocycles. The van der Waals surface area contributed by atoms with Crippen molar-refractivity contribution in [3.8, 4) is 0 Å². The number of halogens is 1. The molecule has 25 heavy (non-hydrogen) atoms. The monoisotopic (exact) mass is 354 g/mol. The first-order valence-electron chi connectivity index (χ1n) is 9.00. The zero-order chi connectivity index (χ0) is 17.1. The molecule has 0 unspecified atom stereocenters. The molecule has 0 bridgehead atoms. The van der Waals surface area contributed by atoms with E-state index in [1.54, 1.807) is 6.07 Å². The van der Waals surface area contributed by atoms with Crippen LogP contribution in [-0.2, 0) is 6.42 Å². The van der Waals surface area contributed by atoms with Crippen molar-refractivity contribution in [2.75, 3.05) is 19.6 Å². The van der Waals surface area contributed by atoms with Crippen LogP contribution in [0.5, 0.6) is 0 Å². The third-order valence-electron chi connectivity index (χ3n) is 5.03. The second kappa shape index (κ2) is 7.54. The van der Waals surface area contributed by atoms with Crippen LogP contribution in [0.2, 0.25) is 0 Å². The van der Waals surface area contributed by atoms with Crippen molar-refractivity contribution >= 4 is 27.8 Å². The summed E-state index contributed by atoms with van der Waals surface area (Å²) in [6.07, 6.45) is 8.90. The molecule has 3 aromatic rings. The SMILES string of the molecule is Fc1ccc2[nH]cc(CCCCN3CC=C(c4cccs4)CC3)c2c1. The molecular formula is C21H23FN2S. The van der Waals surface area contributed by atoms with Crippen LogP contribution < -0.4 is 0 Å². The molecule has 1 N–H and O–H groups in total. The van der Waals surface area contributed by atoms with Crippen LogP contribution in [-0.4, -0.2) is 29.5 Å². The fourth-order valence-electron chi connectivity index (χ4n) is 3.61. The summed E-state index contributed by atoms with van der Waals surface area (Å²) in [6, 6.07) is 9.32. The molecule has 1 aliphatic heterocycles. The summed E-state index contributed by atoms with van der Waals surface area (Å²) in [7, 11) is 0. The first kappa shape index (κ1) is 16.6. The van der Waals surface area contributed by atoms with E-state index in [0.717, 1.165) is 49.8 Å². The molecule has 0 amide bonds. The maximum absolute atomic E-state index is 13.4. The normalized spacial score (nSPS) is 15.6. The molecule has 2 nitrogen and oxygen atoms in total. The Labute approximate surface area is 152 Å². The second-order valence-corrected chi connectivity index (χ2v) is 7.67. The highest BCUT2D eigenvalue weighted by atomic mass is 32.1. The summed E-state index contributed by atoms with van der Waals surface area (Å²) in [4.78, 5) is 7.20. The number of aryl methyl sites for hydroxylation is 1. The Morgan fingerprint density at radius 2 is 2.16 bits per heavy atom. The summed E-state index contributed by atoms with van der Waals surface area (Å²) in [5.74, 6) is -0.157. The quantitative estimate of drug-likeness (QED) is 0.581. The third-order valence-corrected chi connectivity index (χ3v) is 5.98. The molecule has 130 valence electrons. The Morgan fingerprint density at radius 3 is 2.96 bits per heavy atom. The number of hydrogen-bond donors (Lipinski definition) is 1. The minimum atomic E-state index is -0.157. The molecule has 0 atom stereocenters. The molecule has 4 rings (SSSR count). The van der Waals surface area contributed by atoms with Crippen LogP contribution in [0, 0.1) is 5.82 Å². The Kier molecular flexibility index (Phi) is 4.99. The highest BCUT2D eigenvalue weighted by Crippen LogP contribution is 2.26. The van der Waals surface area contributed by atoms with Crippen molar-refractivity contribution in [2.24, 2.45) is 0 Å². The number of nitrogens with one attached hydrogen (secondary N) is 1. The molecule has 2 aromatic heterocycles. The standard InChI is InChI=1S/C21H23FN2S/c22-18-6-7-20-19(14-18)17(15-23-20)4-1-2-10-24-11-8-16(9-12-24)21-5-3-13-25-21/h3,5-8,13-15,23H,1-2,4,9-12H2. The molecule has 0 saturated heterocycles. The number of aromatic nitrogens is 1. The van der Waals surface area contributed by atoms with Crippen LogP contribution in [0.1, 0.15) is 29.7 Å². The van der Waals surface area contributed by atoms with Crippen molar-refractivity contribution in [2.45, 2.75) is 25.7 Å². The lowest BCUT2D eigenvalue weighted by Gasteiger charge is -2.25. The number of nitrogens with zero attached hydrogens (tertiary/aromatic N) is 1. The van der Waals surface area contributed by atoms with E-state index in [1.165, 1.54) is 28.5 Å². The maximum Gasteiger partial charge on any atom is 0.123 e. The van der Waals surface area contributed by atoms with Gasteiger partial charge in [0.15, 0.2) is 0 Å². The van der Waals surface area contributed by atoms with E-state index >= 15 is 0 Å². The number of benzene rings is 1. The number of unbranched alkanes of at least 4 members (excludes halogenated alkanes) is 1. The van der Waals surface area contributed by atoms with Crippen LogP contribution in [0.25, 0.3) is 16.5 Å². The van der Waals surface area contributed by atoms with Crippen LogP contribution in [0.3, 0.4) is 0 Å². The van der Waals surface area contributed by atoms with E-state index in [-0.39, 0.29) is 5.82 Å². The van der Waals surface area contributed by atoms with Gasteiger partial charge in [0, 0.05) is 35.1 Å². The van der Waals surface area contributed by atoms with Gasteiger partial charge < -0.3 is 4.98 Å². The molecular weight excluding hydrogens is 331 g/mol. The van der Waals surface area contributed by atoms with Crippen LogP contribution in [0.4, 0.5) is 4.39 Å². The van der Waals surface area contributed by atoms with E-state index in [0.29, 0.717) is 0 Å². The lowest BCUT2D eigenvalue weighted by Crippen LogP contribution is -2.29. The number of thiophene rings is 1. The van der Waals surface area contributed by atoms with E-state index in [1.807, 2.05) is 23.6 Å². The van der Waals surface area contributed by atoms with Gasteiger partial charge in [-0.15, -0.1) is 11.3 Å². The van der Waals surface area contributed by atoms with Gasteiger partial charge in [0.2, 0.25) is 0 Å². The maximum atomic E-state index is 13.4. The summed E-state index contributed by atoms with van der Waals surface area (Å²) in [5, 5.41) is 3.18. The average Bonchev–Trinajstić information content (AvgIpc) is 3.29. The summed E-state index contributed by atoms with van der Waals surface area (Å²) in [5.41, 5.74) is 3.76. The smallest absolute Gasteiger partial charge is 0.123 e. The van der Waals surface area contributed by atoms with Crippen molar-refractivity contribution in [3.63, 3.8) is 0 Å². The molecule has 1 aromatic carbocycles. The second-order valence-electron chi connectivity index (χ2n) is 6.72. The number of fused-ring (bicyclic) bond motifs is 1. The minimum Gasteiger partial charge on any atom is -0.361 e. The van der Waals surface area contributed by atoms with Gasteiger partial charge in [-0.05, 0) is 73.0 Å². The third kappa shape index (κ3) is 3.86. The molecule has 0 aliphatic carbocycles. The minimum absolute atomic E-state index is 0.157. The van der Waals surface area contributed by atoms with Crippen LogP contribution >= 0.6 is 11.3 Å². The van der Waals surface area contributed by atoms with Gasteiger partial charge in [-0.1, -0.05) is 12.1 Å². The van der Waals surface area contributed by atoms with E-state index in [9.17, 15) is 4.39 Å². The zero-order valence-corrected chi connectivity index (χ0v) is 15.1. The van der Waals surface area contributed by atoms with Gasteiger partial charge in [-0.25, -0.2) is 4.39 Å². The molecule has 0 fully saturated rings. The first-order chi connectivity index (χ1) is 12.3. The average molecular weight is 354 g/mol. The number of H-pyrrole nitrogens is 1. The summed E-state index contributed by atoms with van der Waals surface area (Å²) >= 11 is 1.84. The summed E-state index contributed by atoms with van der Waals surface area (Å²) in [6.45, 7) is 3.36. The largest absolute Gasteiger partial charge is 0.361 e. The fraction of sp³-hybridized carbons (Fsp3) is 0.333. The highest BCUT2D eigenvalue weighted by Gasteiger charge is 2.13. The van der Waals surface area contributed by atoms with Crippen LogP contribution in [0.15, 0.2) is 48.0 Å². The molecule has 1 aliphatic rings. The van der Waals surface area contributed by atoms with Gasteiger partial charge in [-0.2, -0.15) is 0 Å². The molecule has 4 heteroatoms.